The van der Waals surface area contributed by atoms with E-state index >= 15 is 0 Å². The SMILES string of the molecule is CCC(COC)Oc1cc(C)nc(Nc2ccc(OC)cc2OC)c1CO. The Kier molecular flexibility index (Phi) is 7.69. The lowest BCUT2D eigenvalue weighted by Crippen LogP contribution is -2.22. The van der Waals surface area contributed by atoms with E-state index in [1.807, 2.05) is 32.0 Å². The van der Waals surface area contributed by atoms with Crippen molar-refractivity contribution in [1.29, 1.82) is 0 Å². The molecule has 7 nitrogen and oxygen atoms in total. The predicted octanol–water partition coefficient (Wildman–Crippen LogP) is 3.45. The summed E-state index contributed by atoms with van der Waals surface area (Å²) in [5.74, 6) is 2.40. The van der Waals surface area contributed by atoms with E-state index < -0.39 is 0 Å². The summed E-state index contributed by atoms with van der Waals surface area (Å²) in [6.45, 7) is 4.16. The number of methoxy groups -OCH3 is 3. The molecule has 2 N–H and O–H groups in total. The predicted molar refractivity (Wildman–Crippen MR) is 104 cm³/mol. The van der Waals surface area contributed by atoms with Crippen molar-refractivity contribution in [3.8, 4) is 17.2 Å². The Morgan fingerprint density at radius 1 is 1.11 bits per heavy atom. The van der Waals surface area contributed by atoms with Crippen LogP contribution in [0.5, 0.6) is 17.2 Å². The molecule has 0 amide bonds. The highest BCUT2D eigenvalue weighted by Crippen LogP contribution is 2.34. The van der Waals surface area contributed by atoms with Crippen LogP contribution in [0.2, 0.25) is 0 Å². The number of hydrogen-bond acceptors (Lipinski definition) is 7. The van der Waals surface area contributed by atoms with Gasteiger partial charge in [0.15, 0.2) is 0 Å². The fourth-order valence-electron chi connectivity index (χ4n) is 2.66. The molecule has 1 aromatic heterocycles. The van der Waals surface area contributed by atoms with Gasteiger partial charge in [0, 0.05) is 24.9 Å². The van der Waals surface area contributed by atoms with Crippen LogP contribution in [-0.2, 0) is 11.3 Å². The quantitative estimate of drug-likeness (QED) is 0.657. The van der Waals surface area contributed by atoms with Crippen molar-refractivity contribution in [3.05, 3.63) is 35.5 Å². The summed E-state index contributed by atoms with van der Waals surface area (Å²) < 4.78 is 21.9. The minimum atomic E-state index is -0.215. The number of nitrogens with one attached hydrogen (secondary N) is 1. The molecular formula is C20H28N2O5. The van der Waals surface area contributed by atoms with E-state index in [1.165, 1.54) is 0 Å². The lowest BCUT2D eigenvalue weighted by Gasteiger charge is -2.21. The van der Waals surface area contributed by atoms with Crippen molar-refractivity contribution in [3.63, 3.8) is 0 Å². The van der Waals surface area contributed by atoms with Gasteiger partial charge in [0.2, 0.25) is 0 Å². The fourth-order valence-corrected chi connectivity index (χ4v) is 2.66. The van der Waals surface area contributed by atoms with Crippen LogP contribution in [0.15, 0.2) is 24.3 Å². The maximum atomic E-state index is 9.95. The third-order valence-corrected chi connectivity index (χ3v) is 4.13. The van der Waals surface area contributed by atoms with Gasteiger partial charge in [0.1, 0.15) is 29.2 Å². The molecular weight excluding hydrogens is 348 g/mol. The van der Waals surface area contributed by atoms with E-state index in [9.17, 15) is 5.11 Å². The van der Waals surface area contributed by atoms with Crippen LogP contribution in [0.4, 0.5) is 11.5 Å². The number of aliphatic hydroxyl groups excluding tert-OH is 1. The number of benzene rings is 1. The third kappa shape index (κ3) is 5.24. The summed E-state index contributed by atoms with van der Waals surface area (Å²) in [7, 11) is 4.82. The number of aromatic nitrogens is 1. The standard InChI is InChI=1S/C20H28N2O5/c1-6-14(12-24-3)27-18-9-13(2)21-20(16(18)11-23)22-17-8-7-15(25-4)10-19(17)26-5/h7-10,14,23H,6,11-12H2,1-5H3,(H,21,22). The van der Waals surface area contributed by atoms with E-state index in [2.05, 4.69) is 10.3 Å². The van der Waals surface area contributed by atoms with Crippen LogP contribution in [0.1, 0.15) is 24.6 Å². The smallest absolute Gasteiger partial charge is 0.146 e. The van der Waals surface area contributed by atoms with Crippen molar-refractivity contribution in [1.82, 2.24) is 4.98 Å². The summed E-state index contributed by atoms with van der Waals surface area (Å²) in [5, 5.41) is 13.2. The molecule has 1 heterocycles. The third-order valence-electron chi connectivity index (χ3n) is 4.13. The van der Waals surface area contributed by atoms with Crippen molar-refractivity contribution in [2.24, 2.45) is 0 Å². The lowest BCUT2D eigenvalue weighted by atomic mass is 10.2. The molecule has 148 valence electrons. The first-order valence-electron chi connectivity index (χ1n) is 8.82. The summed E-state index contributed by atoms with van der Waals surface area (Å²) in [6.07, 6.45) is 0.681. The van der Waals surface area contributed by atoms with E-state index in [0.29, 0.717) is 40.9 Å². The zero-order chi connectivity index (χ0) is 19.8. The van der Waals surface area contributed by atoms with Gasteiger partial charge in [-0.2, -0.15) is 0 Å². The zero-order valence-corrected chi connectivity index (χ0v) is 16.5. The summed E-state index contributed by atoms with van der Waals surface area (Å²) in [4.78, 5) is 4.53. The van der Waals surface area contributed by atoms with Crippen LogP contribution in [0.25, 0.3) is 0 Å². The second-order valence-electron chi connectivity index (χ2n) is 6.04. The first-order valence-corrected chi connectivity index (χ1v) is 8.82. The molecule has 7 heteroatoms. The summed E-state index contributed by atoms with van der Waals surface area (Å²) in [5.41, 5.74) is 2.05. The molecule has 2 rings (SSSR count). The molecule has 0 spiro atoms. The number of aryl methyl sites for hydroxylation is 1. The summed E-state index contributed by atoms with van der Waals surface area (Å²) in [6, 6.07) is 7.26. The molecule has 0 aliphatic rings. The molecule has 0 aliphatic heterocycles. The Morgan fingerprint density at radius 3 is 2.48 bits per heavy atom. The number of ether oxygens (including phenoxy) is 4. The number of pyridine rings is 1. The number of nitrogens with zero attached hydrogens (tertiary/aromatic N) is 1. The minimum absolute atomic E-state index is 0.106. The van der Waals surface area contributed by atoms with E-state index in [0.717, 1.165) is 12.1 Å². The van der Waals surface area contributed by atoms with Gasteiger partial charge < -0.3 is 29.4 Å². The van der Waals surface area contributed by atoms with Crippen LogP contribution < -0.4 is 19.5 Å². The molecule has 1 aromatic carbocycles. The number of rotatable bonds is 10. The van der Waals surface area contributed by atoms with Gasteiger partial charge in [-0.3, -0.25) is 0 Å². The van der Waals surface area contributed by atoms with E-state index in [1.54, 1.807) is 27.4 Å². The molecule has 0 aliphatic carbocycles. The minimum Gasteiger partial charge on any atom is -0.497 e. The Balaban J connectivity index is 2.39. The van der Waals surface area contributed by atoms with Gasteiger partial charge in [-0.1, -0.05) is 6.92 Å². The van der Waals surface area contributed by atoms with E-state index in [-0.39, 0.29) is 12.7 Å². The molecule has 1 atom stereocenters. The average molecular weight is 376 g/mol. The van der Waals surface area contributed by atoms with Gasteiger partial charge in [-0.05, 0) is 25.5 Å². The molecule has 27 heavy (non-hydrogen) atoms. The van der Waals surface area contributed by atoms with Crippen molar-refractivity contribution in [2.75, 3.05) is 33.3 Å². The Morgan fingerprint density at radius 2 is 1.89 bits per heavy atom. The van der Waals surface area contributed by atoms with Crippen molar-refractivity contribution >= 4 is 11.5 Å². The number of aliphatic hydroxyl groups is 1. The van der Waals surface area contributed by atoms with E-state index in [4.69, 9.17) is 18.9 Å². The Hall–Kier alpha value is -2.51. The molecule has 0 bridgehead atoms. The monoisotopic (exact) mass is 376 g/mol. The fraction of sp³-hybridized carbons (Fsp3) is 0.450. The number of anilines is 2. The highest BCUT2D eigenvalue weighted by Gasteiger charge is 2.17. The van der Waals surface area contributed by atoms with Gasteiger partial charge in [-0.25, -0.2) is 4.98 Å². The molecule has 0 fully saturated rings. The normalized spacial score (nSPS) is 11.8. The van der Waals surface area contributed by atoms with Gasteiger partial charge >= 0.3 is 0 Å². The van der Waals surface area contributed by atoms with Crippen LogP contribution in [0.3, 0.4) is 0 Å². The molecule has 0 saturated carbocycles. The topological polar surface area (TPSA) is 82.1 Å². The largest absolute Gasteiger partial charge is 0.497 e. The first-order chi connectivity index (χ1) is 13.1. The molecule has 0 radical (unpaired) electrons. The Labute approximate surface area is 160 Å². The summed E-state index contributed by atoms with van der Waals surface area (Å²) >= 11 is 0. The van der Waals surface area contributed by atoms with Crippen molar-refractivity contribution < 1.29 is 24.1 Å². The van der Waals surface area contributed by atoms with Gasteiger partial charge in [-0.15, -0.1) is 0 Å². The molecule has 0 saturated heterocycles. The van der Waals surface area contributed by atoms with Crippen LogP contribution in [0, 0.1) is 6.92 Å². The van der Waals surface area contributed by atoms with Crippen LogP contribution >= 0.6 is 0 Å². The highest BCUT2D eigenvalue weighted by atomic mass is 16.5. The average Bonchev–Trinajstić information content (AvgIpc) is 2.67. The maximum absolute atomic E-state index is 9.95. The maximum Gasteiger partial charge on any atom is 0.146 e. The molecule has 1 unspecified atom stereocenters. The van der Waals surface area contributed by atoms with Crippen molar-refractivity contribution in [2.45, 2.75) is 33.0 Å². The number of hydrogen-bond donors (Lipinski definition) is 2. The van der Waals surface area contributed by atoms with Gasteiger partial charge in [0.05, 0.1) is 38.7 Å². The highest BCUT2D eigenvalue weighted by molar-refractivity contribution is 5.69. The van der Waals surface area contributed by atoms with Crippen LogP contribution in [-0.4, -0.2) is 44.1 Å². The second-order valence-corrected chi connectivity index (χ2v) is 6.04. The second kappa shape index (κ2) is 9.99. The molecule has 2 aromatic rings. The Bertz CT molecular complexity index is 751. The van der Waals surface area contributed by atoms with Gasteiger partial charge in [0.25, 0.3) is 0 Å². The zero-order valence-electron chi connectivity index (χ0n) is 16.5. The first kappa shape index (κ1) is 20.8. The lowest BCUT2D eigenvalue weighted by molar-refractivity contribution is 0.0770.